The summed E-state index contributed by atoms with van der Waals surface area (Å²) >= 11 is 5.67. The predicted octanol–water partition coefficient (Wildman–Crippen LogP) is 4.48. The summed E-state index contributed by atoms with van der Waals surface area (Å²) in [5.74, 6) is 0.570. The molecule has 1 aliphatic heterocycles. The molecule has 1 atom stereocenters. The lowest BCUT2D eigenvalue weighted by Gasteiger charge is -2.15. The van der Waals surface area contributed by atoms with Gasteiger partial charge in [0.2, 0.25) is 5.95 Å². The number of nitrogens with one attached hydrogen (secondary N) is 2. The number of hydrogen-bond acceptors (Lipinski definition) is 5. The molecule has 2 aromatic rings. The predicted molar refractivity (Wildman–Crippen MR) is 89.2 cm³/mol. The van der Waals surface area contributed by atoms with Crippen LogP contribution < -0.4 is 10.6 Å². The van der Waals surface area contributed by atoms with Gasteiger partial charge in [-0.1, -0.05) is 11.6 Å². The van der Waals surface area contributed by atoms with Crippen LogP contribution in [0.4, 0.5) is 30.6 Å². The lowest BCUT2D eigenvalue weighted by atomic mass is 10.1. The normalized spacial score (nSPS) is 17.5. The van der Waals surface area contributed by atoms with E-state index < -0.39 is 11.7 Å². The van der Waals surface area contributed by atoms with Crippen molar-refractivity contribution in [2.75, 3.05) is 23.8 Å². The molecule has 1 aromatic heterocycles. The van der Waals surface area contributed by atoms with Gasteiger partial charge in [0.15, 0.2) is 0 Å². The number of aromatic nitrogens is 2. The molecule has 2 N–H and O–H groups in total. The molecule has 0 saturated carbocycles. The Labute approximate surface area is 147 Å². The second kappa shape index (κ2) is 7.45. The standard InChI is InChI=1S/C16H16ClF3N4O/c17-10-3-4-13(12(8-10)16(18,19)20)23-15-21-6-5-14(24-15)22-9-11-2-1-7-25-11/h3-6,8,11H,1-2,7,9H2,(H2,21,22,23,24). The van der Waals surface area contributed by atoms with E-state index in [-0.39, 0.29) is 22.8 Å². The minimum atomic E-state index is -4.54. The van der Waals surface area contributed by atoms with E-state index in [9.17, 15) is 13.2 Å². The first-order valence-corrected chi connectivity index (χ1v) is 8.12. The van der Waals surface area contributed by atoms with Gasteiger partial charge in [0.25, 0.3) is 0 Å². The van der Waals surface area contributed by atoms with Gasteiger partial charge in [0.1, 0.15) is 5.82 Å². The topological polar surface area (TPSA) is 59.1 Å². The SMILES string of the molecule is FC(F)(F)c1cc(Cl)ccc1Nc1nccc(NCC2CCCO2)n1. The fraction of sp³-hybridized carbons (Fsp3) is 0.375. The maximum atomic E-state index is 13.1. The molecule has 1 fully saturated rings. The van der Waals surface area contributed by atoms with E-state index >= 15 is 0 Å². The van der Waals surface area contributed by atoms with Crippen LogP contribution in [0.1, 0.15) is 18.4 Å². The molecule has 134 valence electrons. The molecular weight excluding hydrogens is 357 g/mol. The second-order valence-electron chi connectivity index (χ2n) is 5.59. The molecular formula is C16H16ClF3N4O. The Morgan fingerprint density at radius 1 is 1.28 bits per heavy atom. The van der Waals surface area contributed by atoms with E-state index in [1.165, 1.54) is 18.3 Å². The molecule has 2 heterocycles. The number of halogens is 4. The number of hydrogen-bond donors (Lipinski definition) is 2. The first-order chi connectivity index (χ1) is 11.9. The molecule has 1 unspecified atom stereocenters. The van der Waals surface area contributed by atoms with Gasteiger partial charge in [-0.15, -0.1) is 0 Å². The first kappa shape index (κ1) is 17.8. The third kappa shape index (κ3) is 4.73. The highest BCUT2D eigenvalue weighted by atomic mass is 35.5. The van der Waals surface area contributed by atoms with Crippen LogP contribution in [-0.2, 0) is 10.9 Å². The van der Waals surface area contributed by atoms with E-state index in [4.69, 9.17) is 16.3 Å². The van der Waals surface area contributed by atoms with E-state index in [0.717, 1.165) is 25.5 Å². The Bertz CT molecular complexity index is 736. The molecule has 1 aliphatic rings. The molecule has 0 aliphatic carbocycles. The maximum absolute atomic E-state index is 13.1. The fourth-order valence-electron chi connectivity index (χ4n) is 2.52. The summed E-state index contributed by atoms with van der Waals surface area (Å²) in [6.45, 7) is 1.34. The van der Waals surface area contributed by atoms with E-state index in [1.807, 2.05) is 0 Å². The van der Waals surface area contributed by atoms with Crippen molar-refractivity contribution in [3.63, 3.8) is 0 Å². The van der Waals surface area contributed by atoms with E-state index in [0.29, 0.717) is 12.4 Å². The number of anilines is 3. The molecule has 9 heteroatoms. The van der Waals surface area contributed by atoms with Crippen molar-refractivity contribution in [2.24, 2.45) is 0 Å². The van der Waals surface area contributed by atoms with Gasteiger partial charge in [-0.05, 0) is 37.1 Å². The highest BCUT2D eigenvalue weighted by Gasteiger charge is 2.34. The molecule has 1 saturated heterocycles. The summed E-state index contributed by atoms with van der Waals surface area (Å²) < 4.78 is 44.9. The molecule has 25 heavy (non-hydrogen) atoms. The Kier molecular flexibility index (Phi) is 5.29. The maximum Gasteiger partial charge on any atom is 0.418 e. The van der Waals surface area contributed by atoms with Crippen LogP contribution >= 0.6 is 11.6 Å². The highest BCUT2D eigenvalue weighted by molar-refractivity contribution is 6.30. The number of rotatable bonds is 5. The fourth-order valence-corrected chi connectivity index (χ4v) is 2.69. The molecule has 0 spiro atoms. The summed E-state index contributed by atoms with van der Waals surface area (Å²) in [6.07, 6.45) is -0.943. The van der Waals surface area contributed by atoms with Crippen molar-refractivity contribution in [1.29, 1.82) is 0 Å². The minimum Gasteiger partial charge on any atom is -0.376 e. The Hall–Kier alpha value is -2.06. The minimum absolute atomic E-state index is 0.00535. The zero-order valence-corrected chi connectivity index (χ0v) is 13.9. The Balaban J connectivity index is 1.74. The van der Waals surface area contributed by atoms with E-state index in [2.05, 4.69) is 20.6 Å². The third-order valence-electron chi connectivity index (χ3n) is 3.72. The van der Waals surface area contributed by atoms with Gasteiger partial charge in [-0.3, -0.25) is 0 Å². The first-order valence-electron chi connectivity index (χ1n) is 7.74. The van der Waals surface area contributed by atoms with Gasteiger partial charge in [-0.25, -0.2) is 4.98 Å². The third-order valence-corrected chi connectivity index (χ3v) is 3.96. The van der Waals surface area contributed by atoms with Gasteiger partial charge >= 0.3 is 6.18 Å². The van der Waals surface area contributed by atoms with Crippen molar-refractivity contribution in [3.8, 4) is 0 Å². The van der Waals surface area contributed by atoms with Gasteiger partial charge < -0.3 is 15.4 Å². The molecule has 1 aromatic carbocycles. The number of ether oxygens (including phenoxy) is 1. The number of benzene rings is 1. The second-order valence-corrected chi connectivity index (χ2v) is 6.03. The summed E-state index contributed by atoms with van der Waals surface area (Å²) in [7, 11) is 0. The molecule has 3 rings (SSSR count). The van der Waals surface area contributed by atoms with E-state index in [1.54, 1.807) is 6.07 Å². The molecule has 5 nitrogen and oxygen atoms in total. The van der Waals surface area contributed by atoms with Crippen LogP contribution in [0.15, 0.2) is 30.5 Å². The Morgan fingerprint density at radius 2 is 2.12 bits per heavy atom. The van der Waals surface area contributed by atoms with Crippen LogP contribution in [0.3, 0.4) is 0 Å². The zero-order valence-electron chi connectivity index (χ0n) is 13.1. The highest BCUT2D eigenvalue weighted by Crippen LogP contribution is 2.37. The quantitative estimate of drug-likeness (QED) is 0.810. The van der Waals surface area contributed by atoms with Gasteiger partial charge in [-0.2, -0.15) is 18.2 Å². The van der Waals surface area contributed by atoms with Crippen LogP contribution in [0.5, 0.6) is 0 Å². The van der Waals surface area contributed by atoms with Gasteiger partial charge in [0, 0.05) is 24.4 Å². The summed E-state index contributed by atoms with van der Waals surface area (Å²) in [4.78, 5) is 8.15. The van der Waals surface area contributed by atoms with Crippen LogP contribution in [0.2, 0.25) is 5.02 Å². The van der Waals surface area contributed by atoms with Crippen molar-refractivity contribution >= 4 is 29.1 Å². The smallest absolute Gasteiger partial charge is 0.376 e. The summed E-state index contributed by atoms with van der Waals surface area (Å²) in [6, 6.07) is 5.13. The summed E-state index contributed by atoms with van der Waals surface area (Å²) in [5, 5.41) is 5.72. The monoisotopic (exact) mass is 372 g/mol. The van der Waals surface area contributed by atoms with Crippen molar-refractivity contribution in [2.45, 2.75) is 25.1 Å². The van der Waals surface area contributed by atoms with Crippen molar-refractivity contribution < 1.29 is 17.9 Å². The lowest BCUT2D eigenvalue weighted by Crippen LogP contribution is -2.19. The Morgan fingerprint density at radius 3 is 2.84 bits per heavy atom. The average molecular weight is 373 g/mol. The number of alkyl halides is 3. The molecule has 0 bridgehead atoms. The van der Waals surface area contributed by atoms with Gasteiger partial charge in [0.05, 0.1) is 17.4 Å². The number of nitrogens with zero attached hydrogens (tertiary/aromatic N) is 2. The van der Waals surface area contributed by atoms with Crippen molar-refractivity contribution in [3.05, 3.63) is 41.0 Å². The van der Waals surface area contributed by atoms with Crippen LogP contribution in [0.25, 0.3) is 0 Å². The zero-order chi connectivity index (χ0) is 17.9. The largest absolute Gasteiger partial charge is 0.418 e. The average Bonchev–Trinajstić information content (AvgIpc) is 3.08. The van der Waals surface area contributed by atoms with Crippen molar-refractivity contribution in [1.82, 2.24) is 9.97 Å². The molecule has 0 radical (unpaired) electrons. The lowest BCUT2D eigenvalue weighted by molar-refractivity contribution is -0.136. The van der Waals surface area contributed by atoms with Crippen LogP contribution in [0, 0.1) is 0 Å². The summed E-state index contributed by atoms with van der Waals surface area (Å²) in [5.41, 5.74) is -1.03. The molecule has 0 amide bonds. The van der Waals surface area contributed by atoms with Crippen LogP contribution in [-0.4, -0.2) is 29.2 Å².